The van der Waals surface area contributed by atoms with Gasteiger partial charge in [0, 0.05) is 17.8 Å². The molecule has 0 spiro atoms. The maximum absolute atomic E-state index is 10.6. The van der Waals surface area contributed by atoms with Crippen molar-refractivity contribution in [1.82, 2.24) is 9.55 Å². The summed E-state index contributed by atoms with van der Waals surface area (Å²) in [5.74, 6) is -0.901. The summed E-state index contributed by atoms with van der Waals surface area (Å²) >= 11 is 1.53. The van der Waals surface area contributed by atoms with Crippen molar-refractivity contribution in [1.29, 1.82) is 0 Å². The van der Waals surface area contributed by atoms with Crippen molar-refractivity contribution in [3.63, 3.8) is 0 Å². The molecule has 5 heteroatoms. The Morgan fingerprint density at radius 2 is 2.50 bits per heavy atom. The van der Waals surface area contributed by atoms with Crippen molar-refractivity contribution in [2.75, 3.05) is 0 Å². The first-order valence-electron chi connectivity index (χ1n) is 4.02. The van der Waals surface area contributed by atoms with E-state index < -0.39 is 5.97 Å². The molecular weight excluding hydrogens is 200 g/mol. The summed E-state index contributed by atoms with van der Waals surface area (Å²) in [5.41, 5.74) is 3.01. The van der Waals surface area contributed by atoms with Crippen LogP contribution in [-0.4, -0.2) is 20.6 Å². The van der Waals surface area contributed by atoms with E-state index in [2.05, 4.69) is 4.98 Å². The molecule has 2 aromatic rings. The van der Waals surface area contributed by atoms with E-state index in [0.717, 1.165) is 5.69 Å². The number of hydrogen-bond donors (Lipinski definition) is 1. The molecule has 0 aromatic carbocycles. The Morgan fingerprint density at radius 1 is 1.64 bits per heavy atom. The van der Waals surface area contributed by atoms with E-state index in [-0.39, 0.29) is 0 Å². The van der Waals surface area contributed by atoms with E-state index in [9.17, 15) is 4.79 Å². The molecule has 0 saturated carbocycles. The second kappa shape index (κ2) is 3.63. The van der Waals surface area contributed by atoms with E-state index in [4.69, 9.17) is 5.11 Å². The maximum Gasteiger partial charge on any atom is 0.337 e. The summed E-state index contributed by atoms with van der Waals surface area (Å²) in [6.07, 6.45) is 3.34. The smallest absolute Gasteiger partial charge is 0.337 e. The molecule has 14 heavy (non-hydrogen) atoms. The van der Waals surface area contributed by atoms with Gasteiger partial charge >= 0.3 is 5.97 Å². The first-order valence-corrected chi connectivity index (χ1v) is 4.96. The van der Waals surface area contributed by atoms with E-state index in [1.54, 1.807) is 28.5 Å². The largest absolute Gasteiger partial charge is 0.478 e. The third-order valence-electron chi connectivity index (χ3n) is 1.83. The van der Waals surface area contributed by atoms with Crippen LogP contribution in [0, 0.1) is 0 Å². The molecule has 0 radical (unpaired) electrons. The molecule has 0 amide bonds. The Labute approximate surface area is 84.5 Å². The van der Waals surface area contributed by atoms with Gasteiger partial charge in [0.15, 0.2) is 0 Å². The van der Waals surface area contributed by atoms with Gasteiger partial charge in [0.1, 0.15) is 0 Å². The molecule has 0 unspecified atom stereocenters. The fraction of sp³-hybridized carbons (Fsp3) is 0.111. The molecule has 0 saturated heterocycles. The minimum atomic E-state index is -0.901. The van der Waals surface area contributed by atoms with Gasteiger partial charge in [-0.2, -0.15) is 0 Å². The normalized spacial score (nSPS) is 10.3. The Morgan fingerprint density at radius 3 is 3.07 bits per heavy atom. The zero-order valence-corrected chi connectivity index (χ0v) is 8.07. The third-order valence-corrected chi connectivity index (χ3v) is 2.46. The van der Waals surface area contributed by atoms with Gasteiger partial charge in [0.25, 0.3) is 0 Å². The number of rotatable bonds is 3. The molecule has 0 bridgehead atoms. The fourth-order valence-corrected chi connectivity index (χ4v) is 1.72. The average Bonchev–Trinajstić information content (AvgIpc) is 2.75. The first-order chi connectivity index (χ1) is 6.75. The van der Waals surface area contributed by atoms with Crippen LogP contribution in [0.25, 0.3) is 0 Å². The van der Waals surface area contributed by atoms with Crippen LogP contribution >= 0.6 is 11.3 Å². The number of thiazole rings is 1. The summed E-state index contributed by atoms with van der Waals surface area (Å²) in [5, 5.41) is 10.6. The lowest BCUT2D eigenvalue weighted by Crippen LogP contribution is -1.98. The zero-order valence-electron chi connectivity index (χ0n) is 7.25. The quantitative estimate of drug-likeness (QED) is 0.835. The molecule has 72 valence electrons. The highest BCUT2D eigenvalue weighted by molar-refractivity contribution is 7.07. The number of carbonyl (C=O) groups is 1. The number of aromatic carboxylic acids is 1. The molecular formula is C9H8N2O2S. The number of aromatic nitrogens is 2. The summed E-state index contributed by atoms with van der Waals surface area (Å²) in [6.45, 7) is 0.622. The van der Waals surface area contributed by atoms with Crippen LogP contribution in [0.15, 0.2) is 29.4 Å². The Bertz CT molecular complexity index is 433. The van der Waals surface area contributed by atoms with Crippen molar-refractivity contribution in [3.05, 3.63) is 40.6 Å². The molecule has 0 aliphatic carbocycles. The van der Waals surface area contributed by atoms with Gasteiger partial charge in [0.2, 0.25) is 0 Å². The van der Waals surface area contributed by atoms with Crippen molar-refractivity contribution in [2.45, 2.75) is 6.54 Å². The lowest BCUT2D eigenvalue weighted by atomic mass is 10.4. The van der Waals surface area contributed by atoms with Crippen molar-refractivity contribution < 1.29 is 9.90 Å². The number of carboxylic acid groups (broad SMARTS) is 1. The highest BCUT2D eigenvalue weighted by atomic mass is 32.1. The van der Waals surface area contributed by atoms with Gasteiger partial charge in [0.05, 0.1) is 23.3 Å². The average molecular weight is 208 g/mol. The Kier molecular flexibility index (Phi) is 2.32. The highest BCUT2D eigenvalue weighted by Crippen LogP contribution is 2.06. The molecule has 0 aliphatic heterocycles. The lowest BCUT2D eigenvalue weighted by Gasteiger charge is -1.97. The highest BCUT2D eigenvalue weighted by Gasteiger charge is 2.04. The SMILES string of the molecule is O=C(O)c1ccn(Cc2cscn2)c1. The fourth-order valence-electron chi connectivity index (χ4n) is 1.17. The standard InChI is InChI=1S/C9H8N2O2S/c12-9(13)7-1-2-11(3-7)4-8-5-14-6-10-8/h1-3,5-6H,4H2,(H,12,13). The van der Waals surface area contributed by atoms with E-state index in [0.29, 0.717) is 12.1 Å². The van der Waals surface area contributed by atoms with Gasteiger partial charge in [-0.25, -0.2) is 9.78 Å². The third kappa shape index (κ3) is 1.82. The molecule has 0 fully saturated rings. The summed E-state index contributed by atoms with van der Waals surface area (Å²) in [4.78, 5) is 14.7. The van der Waals surface area contributed by atoms with Crippen molar-refractivity contribution >= 4 is 17.3 Å². The van der Waals surface area contributed by atoms with Crippen molar-refractivity contribution in [2.24, 2.45) is 0 Å². The minimum Gasteiger partial charge on any atom is -0.478 e. The summed E-state index contributed by atoms with van der Waals surface area (Å²) in [6, 6.07) is 1.58. The topological polar surface area (TPSA) is 55.1 Å². The predicted molar refractivity (Wildman–Crippen MR) is 52.6 cm³/mol. The maximum atomic E-state index is 10.6. The molecule has 2 rings (SSSR count). The monoisotopic (exact) mass is 208 g/mol. The number of carboxylic acids is 1. The summed E-state index contributed by atoms with van der Waals surface area (Å²) in [7, 11) is 0. The van der Waals surface area contributed by atoms with Crippen LogP contribution in [0.4, 0.5) is 0 Å². The second-order valence-corrected chi connectivity index (χ2v) is 3.58. The molecule has 2 heterocycles. The predicted octanol–water partition coefficient (Wildman–Crippen LogP) is 1.69. The van der Waals surface area contributed by atoms with Gasteiger partial charge in [-0.1, -0.05) is 0 Å². The van der Waals surface area contributed by atoms with E-state index in [1.165, 1.54) is 11.3 Å². The zero-order chi connectivity index (χ0) is 9.97. The van der Waals surface area contributed by atoms with Crippen LogP contribution < -0.4 is 0 Å². The summed E-state index contributed by atoms with van der Waals surface area (Å²) < 4.78 is 1.80. The second-order valence-electron chi connectivity index (χ2n) is 2.86. The van der Waals surface area contributed by atoms with Crippen LogP contribution in [0.1, 0.15) is 16.1 Å². The molecule has 2 aromatic heterocycles. The molecule has 4 nitrogen and oxygen atoms in total. The number of hydrogen-bond acceptors (Lipinski definition) is 3. The first kappa shape index (κ1) is 8.96. The van der Waals surface area contributed by atoms with Crippen molar-refractivity contribution in [3.8, 4) is 0 Å². The van der Waals surface area contributed by atoms with Crippen LogP contribution in [0.3, 0.4) is 0 Å². The Balaban J connectivity index is 2.14. The lowest BCUT2D eigenvalue weighted by molar-refractivity contribution is 0.0697. The van der Waals surface area contributed by atoms with Crippen LogP contribution in [0.5, 0.6) is 0 Å². The van der Waals surface area contributed by atoms with Crippen LogP contribution in [-0.2, 0) is 6.54 Å². The van der Waals surface area contributed by atoms with Gasteiger partial charge in [-0.15, -0.1) is 11.3 Å². The molecule has 0 atom stereocenters. The number of nitrogens with zero attached hydrogens (tertiary/aromatic N) is 2. The van der Waals surface area contributed by atoms with Gasteiger partial charge in [-0.05, 0) is 6.07 Å². The van der Waals surface area contributed by atoms with Gasteiger partial charge in [-0.3, -0.25) is 0 Å². The molecule has 1 N–H and O–H groups in total. The molecule has 0 aliphatic rings. The van der Waals surface area contributed by atoms with E-state index in [1.807, 2.05) is 5.38 Å². The van der Waals surface area contributed by atoms with E-state index >= 15 is 0 Å². The minimum absolute atomic E-state index is 0.306. The Hall–Kier alpha value is -1.62. The van der Waals surface area contributed by atoms with Crippen LogP contribution in [0.2, 0.25) is 0 Å². The van der Waals surface area contributed by atoms with Gasteiger partial charge < -0.3 is 9.67 Å².